The molecule has 2 atom stereocenters. The Morgan fingerprint density at radius 1 is 1.27 bits per heavy atom. The second kappa shape index (κ2) is 10.0. The van der Waals surface area contributed by atoms with Gasteiger partial charge in [-0.15, -0.1) is 0 Å². The molecule has 0 aliphatic carbocycles. The van der Waals surface area contributed by atoms with E-state index >= 15 is 0 Å². The zero-order valence-electron chi connectivity index (χ0n) is 15.0. The topological polar surface area (TPSA) is 79.8 Å². The van der Waals surface area contributed by atoms with Crippen LogP contribution in [0.25, 0.3) is 0 Å². The molecule has 0 aromatic rings. The highest BCUT2D eigenvalue weighted by Gasteiger charge is 2.19. The summed E-state index contributed by atoms with van der Waals surface area (Å²) in [6.45, 7) is 10.9. The van der Waals surface area contributed by atoms with E-state index in [1.807, 2.05) is 34.6 Å². The smallest absolute Gasteiger partial charge is 0.407 e. The first-order valence-corrected chi connectivity index (χ1v) is 8.01. The van der Waals surface area contributed by atoms with Gasteiger partial charge in [0.05, 0.1) is 12.2 Å². The van der Waals surface area contributed by atoms with Gasteiger partial charge in [-0.3, -0.25) is 0 Å². The van der Waals surface area contributed by atoms with Crippen LogP contribution < -0.4 is 10.6 Å². The number of aliphatic hydroxyl groups is 1. The first kappa shape index (κ1) is 21.1. The maximum atomic E-state index is 11.5. The predicted octanol–water partition coefficient (Wildman–Crippen LogP) is 2.06. The zero-order chi connectivity index (χ0) is 17.2. The number of hydrogen-bond acceptors (Lipinski definition) is 5. The molecule has 0 aliphatic rings. The Morgan fingerprint density at radius 2 is 1.91 bits per heavy atom. The minimum Gasteiger partial charge on any atom is -0.444 e. The van der Waals surface area contributed by atoms with Crippen LogP contribution in [0.1, 0.15) is 53.9 Å². The van der Waals surface area contributed by atoms with Crippen molar-refractivity contribution in [2.45, 2.75) is 71.1 Å². The van der Waals surface area contributed by atoms with Gasteiger partial charge in [-0.1, -0.05) is 6.92 Å². The lowest BCUT2D eigenvalue weighted by Gasteiger charge is -2.26. The van der Waals surface area contributed by atoms with Crippen LogP contribution in [0.5, 0.6) is 0 Å². The fraction of sp³-hybridized carbons (Fsp3) is 0.938. The van der Waals surface area contributed by atoms with Crippen LogP contribution >= 0.6 is 0 Å². The molecule has 3 N–H and O–H groups in total. The molecule has 0 spiro atoms. The van der Waals surface area contributed by atoms with Crippen molar-refractivity contribution in [1.82, 2.24) is 10.6 Å². The van der Waals surface area contributed by atoms with Gasteiger partial charge >= 0.3 is 6.09 Å². The minimum absolute atomic E-state index is 0.156. The number of rotatable bonds is 10. The highest BCUT2D eigenvalue weighted by molar-refractivity contribution is 5.67. The fourth-order valence-electron chi connectivity index (χ4n) is 1.79. The maximum absolute atomic E-state index is 11.5. The Kier molecular flexibility index (Phi) is 9.64. The summed E-state index contributed by atoms with van der Waals surface area (Å²) < 4.78 is 10.4. The van der Waals surface area contributed by atoms with Gasteiger partial charge < -0.3 is 25.2 Å². The third-order valence-electron chi connectivity index (χ3n) is 3.30. The Labute approximate surface area is 134 Å². The summed E-state index contributed by atoms with van der Waals surface area (Å²) in [4.78, 5) is 11.5. The van der Waals surface area contributed by atoms with Crippen LogP contribution in [0.15, 0.2) is 0 Å². The first-order valence-electron chi connectivity index (χ1n) is 8.01. The third kappa shape index (κ3) is 11.8. The SMILES string of the molecule is CCC(C)(O)CNC(CCCNC(=O)OC(C)(C)C)COC. The molecule has 6 heteroatoms. The van der Waals surface area contributed by atoms with Crippen molar-refractivity contribution in [2.75, 3.05) is 26.8 Å². The molecular weight excluding hydrogens is 284 g/mol. The maximum Gasteiger partial charge on any atom is 0.407 e. The molecule has 0 aromatic heterocycles. The van der Waals surface area contributed by atoms with E-state index in [1.54, 1.807) is 7.11 Å². The van der Waals surface area contributed by atoms with Crippen molar-refractivity contribution in [3.8, 4) is 0 Å². The molecule has 0 radical (unpaired) electrons. The van der Waals surface area contributed by atoms with Gasteiger partial charge in [-0.2, -0.15) is 0 Å². The number of methoxy groups -OCH3 is 1. The fourth-order valence-corrected chi connectivity index (χ4v) is 1.79. The predicted molar refractivity (Wildman–Crippen MR) is 88.1 cm³/mol. The second-order valence-corrected chi connectivity index (χ2v) is 6.95. The molecule has 132 valence electrons. The van der Waals surface area contributed by atoms with Gasteiger partial charge in [0, 0.05) is 26.2 Å². The van der Waals surface area contributed by atoms with Gasteiger partial charge in [-0.25, -0.2) is 4.79 Å². The third-order valence-corrected chi connectivity index (χ3v) is 3.30. The number of hydrogen-bond donors (Lipinski definition) is 3. The molecule has 22 heavy (non-hydrogen) atoms. The van der Waals surface area contributed by atoms with E-state index in [4.69, 9.17) is 9.47 Å². The van der Waals surface area contributed by atoms with E-state index in [9.17, 15) is 9.90 Å². The van der Waals surface area contributed by atoms with Crippen LogP contribution in [0.3, 0.4) is 0 Å². The van der Waals surface area contributed by atoms with Gasteiger partial charge in [-0.05, 0) is 47.0 Å². The monoisotopic (exact) mass is 318 g/mol. The lowest BCUT2D eigenvalue weighted by atomic mass is 10.0. The molecule has 0 aliphatic heterocycles. The molecular formula is C16H34N2O4. The van der Waals surface area contributed by atoms with Crippen molar-refractivity contribution < 1.29 is 19.4 Å². The number of carbonyl (C=O) groups is 1. The molecule has 2 unspecified atom stereocenters. The molecule has 0 saturated heterocycles. The van der Waals surface area contributed by atoms with Gasteiger partial charge in [0.25, 0.3) is 0 Å². The van der Waals surface area contributed by atoms with Crippen molar-refractivity contribution >= 4 is 6.09 Å². The average molecular weight is 318 g/mol. The van der Waals surface area contributed by atoms with E-state index in [0.717, 1.165) is 12.8 Å². The molecule has 6 nitrogen and oxygen atoms in total. The lowest BCUT2D eigenvalue weighted by molar-refractivity contribution is 0.0473. The van der Waals surface area contributed by atoms with Crippen molar-refractivity contribution in [3.05, 3.63) is 0 Å². The average Bonchev–Trinajstić information content (AvgIpc) is 2.39. The Bertz CT molecular complexity index is 314. The van der Waals surface area contributed by atoms with Crippen LogP contribution in [0.2, 0.25) is 0 Å². The number of alkyl carbamates (subject to hydrolysis) is 1. The van der Waals surface area contributed by atoms with Crippen LogP contribution in [0.4, 0.5) is 4.79 Å². The van der Waals surface area contributed by atoms with E-state index < -0.39 is 17.3 Å². The van der Waals surface area contributed by atoms with Crippen molar-refractivity contribution in [1.29, 1.82) is 0 Å². The summed E-state index contributed by atoms with van der Waals surface area (Å²) in [6, 6.07) is 0.156. The zero-order valence-corrected chi connectivity index (χ0v) is 15.0. The van der Waals surface area contributed by atoms with Crippen LogP contribution in [-0.2, 0) is 9.47 Å². The number of amides is 1. The molecule has 0 saturated carbocycles. The lowest BCUT2D eigenvalue weighted by Crippen LogP contribution is -2.44. The highest BCUT2D eigenvalue weighted by Crippen LogP contribution is 2.08. The molecule has 0 aromatic carbocycles. The van der Waals surface area contributed by atoms with Crippen molar-refractivity contribution in [3.63, 3.8) is 0 Å². The van der Waals surface area contributed by atoms with E-state index in [-0.39, 0.29) is 6.04 Å². The highest BCUT2D eigenvalue weighted by atomic mass is 16.6. The largest absolute Gasteiger partial charge is 0.444 e. The summed E-state index contributed by atoms with van der Waals surface area (Å²) in [5.74, 6) is 0. The summed E-state index contributed by atoms with van der Waals surface area (Å²) in [5.41, 5.74) is -1.18. The standard InChI is InChI=1S/C16H34N2O4/c1-7-16(5,20)12-18-13(11-21-6)9-8-10-17-14(19)22-15(2,3)4/h13,18,20H,7-12H2,1-6H3,(H,17,19). The molecule has 0 heterocycles. The summed E-state index contributed by atoms with van der Waals surface area (Å²) in [7, 11) is 1.66. The van der Waals surface area contributed by atoms with Crippen LogP contribution in [0, 0.1) is 0 Å². The summed E-state index contributed by atoms with van der Waals surface area (Å²) >= 11 is 0. The Hall–Kier alpha value is -0.850. The van der Waals surface area contributed by atoms with E-state index in [1.165, 1.54) is 0 Å². The number of ether oxygens (including phenoxy) is 2. The van der Waals surface area contributed by atoms with E-state index in [0.29, 0.717) is 26.1 Å². The first-order chi connectivity index (χ1) is 10.1. The van der Waals surface area contributed by atoms with Crippen molar-refractivity contribution in [2.24, 2.45) is 0 Å². The van der Waals surface area contributed by atoms with Gasteiger partial charge in [0.1, 0.15) is 5.60 Å². The summed E-state index contributed by atoms with van der Waals surface area (Å²) in [5, 5.41) is 16.1. The second-order valence-electron chi connectivity index (χ2n) is 6.95. The molecule has 0 fully saturated rings. The molecule has 0 bridgehead atoms. The van der Waals surface area contributed by atoms with E-state index in [2.05, 4.69) is 10.6 Å². The normalized spacial score (nSPS) is 16.0. The number of carbonyl (C=O) groups excluding carboxylic acids is 1. The quantitative estimate of drug-likeness (QED) is 0.537. The van der Waals surface area contributed by atoms with Gasteiger partial charge in [0.15, 0.2) is 0 Å². The summed E-state index contributed by atoms with van der Waals surface area (Å²) in [6.07, 6.45) is 1.97. The van der Waals surface area contributed by atoms with Crippen LogP contribution in [-0.4, -0.2) is 55.2 Å². The molecule has 1 amide bonds. The van der Waals surface area contributed by atoms with Gasteiger partial charge in [0.2, 0.25) is 0 Å². The Balaban J connectivity index is 3.98. The Morgan fingerprint density at radius 3 is 2.41 bits per heavy atom. The minimum atomic E-state index is -0.708. The molecule has 0 rings (SSSR count). The number of nitrogens with one attached hydrogen (secondary N) is 2.